The van der Waals surface area contributed by atoms with Crippen LogP contribution in [-0.2, 0) is 16.7 Å². The van der Waals surface area contributed by atoms with E-state index in [9.17, 15) is 0 Å². The zero-order chi connectivity index (χ0) is 17.7. The van der Waals surface area contributed by atoms with Gasteiger partial charge >= 0.3 is 0 Å². The number of hydrogen-bond donors (Lipinski definition) is 2. The molecule has 3 rings (SSSR count). The summed E-state index contributed by atoms with van der Waals surface area (Å²) < 4.78 is 5.53. The van der Waals surface area contributed by atoms with E-state index in [0.717, 1.165) is 39.4 Å². The average molecular weight is 342 g/mol. The lowest BCUT2D eigenvalue weighted by atomic mass is 9.89. The molecule has 2 aromatic rings. The van der Waals surface area contributed by atoms with Gasteiger partial charge in [-0.1, -0.05) is 51.1 Å². The Morgan fingerprint density at radius 2 is 1.92 bits per heavy atom. The quantitative estimate of drug-likeness (QED) is 0.848. The van der Waals surface area contributed by atoms with E-state index in [2.05, 4.69) is 71.5 Å². The Hall–Kier alpha value is -1.69. The topological polar surface area (TPSA) is 53.2 Å². The molecule has 1 aromatic heterocycles. The largest absolute Gasteiger partial charge is 0.379 e. The number of rotatable bonds is 6. The van der Waals surface area contributed by atoms with Crippen LogP contribution in [0.1, 0.15) is 43.6 Å². The van der Waals surface area contributed by atoms with E-state index in [1.54, 1.807) is 0 Å². The van der Waals surface area contributed by atoms with E-state index in [1.165, 1.54) is 16.8 Å². The van der Waals surface area contributed by atoms with Gasteiger partial charge < -0.3 is 10.1 Å². The standard InChI is InChI=1S/C20H30N4O/c1-20(2,3)19-17(14-22-23-19)13-21-15-18(16-7-5-4-6-8-16)24-9-11-25-12-10-24/h4-8,14,18,21H,9-13,15H2,1-3H3,(H,22,23)/t18-/m0/s1. The maximum absolute atomic E-state index is 5.53. The molecule has 0 spiro atoms. The van der Waals surface area contributed by atoms with Crippen molar-refractivity contribution < 1.29 is 4.74 Å². The first-order valence-electron chi connectivity index (χ1n) is 9.16. The summed E-state index contributed by atoms with van der Waals surface area (Å²) in [7, 11) is 0. The second-order valence-electron chi connectivity index (χ2n) is 7.73. The Bertz CT molecular complexity index is 641. The Kier molecular flexibility index (Phi) is 5.89. The van der Waals surface area contributed by atoms with Crippen LogP contribution >= 0.6 is 0 Å². The van der Waals surface area contributed by atoms with E-state index in [1.807, 2.05) is 6.20 Å². The first-order chi connectivity index (χ1) is 12.1. The Balaban J connectivity index is 1.66. The summed E-state index contributed by atoms with van der Waals surface area (Å²) >= 11 is 0. The van der Waals surface area contributed by atoms with Gasteiger partial charge in [0.05, 0.1) is 19.4 Å². The van der Waals surface area contributed by atoms with Crippen LogP contribution in [0.2, 0.25) is 0 Å². The normalized spacial score (nSPS) is 17.6. The van der Waals surface area contributed by atoms with Gasteiger partial charge in [0.1, 0.15) is 0 Å². The van der Waals surface area contributed by atoms with E-state index in [-0.39, 0.29) is 5.41 Å². The van der Waals surface area contributed by atoms with Crippen molar-refractivity contribution in [1.82, 2.24) is 20.4 Å². The van der Waals surface area contributed by atoms with Gasteiger partial charge in [-0.2, -0.15) is 5.10 Å². The highest BCUT2D eigenvalue weighted by Crippen LogP contribution is 2.24. The van der Waals surface area contributed by atoms with Crippen molar-refractivity contribution >= 4 is 0 Å². The third-order valence-corrected chi connectivity index (χ3v) is 4.79. The van der Waals surface area contributed by atoms with E-state index in [4.69, 9.17) is 4.74 Å². The van der Waals surface area contributed by atoms with Crippen molar-refractivity contribution in [1.29, 1.82) is 0 Å². The van der Waals surface area contributed by atoms with Crippen LogP contribution in [0.3, 0.4) is 0 Å². The zero-order valence-electron chi connectivity index (χ0n) is 15.6. The fraction of sp³-hybridized carbons (Fsp3) is 0.550. The second kappa shape index (κ2) is 8.13. The lowest BCUT2D eigenvalue weighted by Crippen LogP contribution is -2.42. The molecule has 0 amide bonds. The number of benzene rings is 1. The predicted molar refractivity (Wildman–Crippen MR) is 101 cm³/mol. The number of nitrogens with one attached hydrogen (secondary N) is 2. The summed E-state index contributed by atoms with van der Waals surface area (Å²) in [5, 5.41) is 11.1. The molecule has 1 saturated heterocycles. The summed E-state index contributed by atoms with van der Waals surface area (Å²) in [6.45, 7) is 12.0. The minimum absolute atomic E-state index is 0.0799. The molecule has 5 nitrogen and oxygen atoms in total. The maximum Gasteiger partial charge on any atom is 0.0594 e. The average Bonchev–Trinajstić information content (AvgIpc) is 3.09. The molecule has 1 aromatic carbocycles. The van der Waals surface area contributed by atoms with Crippen molar-refractivity contribution in [3.8, 4) is 0 Å². The molecule has 1 fully saturated rings. The molecule has 1 aliphatic heterocycles. The number of ether oxygens (including phenoxy) is 1. The van der Waals surface area contributed by atoms with Gasteiger partial charge in [-0.15, -0.1) is 0 Å². The predicted octanol–water partition coefficient (Wildman–Crippen LogP) is 2.87. The number of nitrogens with zero attached hydrogens (tertiary/aromatic N) is 2. The molecule has 1 atom stereocenters. The molecule has 5 heteroatoms. The molecular formula is C20H30N4O. The van der Waals surface area contributed by atoms with Crippen molar-refractivity contribution in [2.45, 2.75) is 38.8 Å². The molecule has 2 heterocycles. The monoisotopic (exact) mass is 342 g/mol. The highest BCUT2D eigenvalue weighted by molar-refractivity contribution is 5.24. The summed E-state index contributed by atoms with van der Waals surface area (Å²) in [4.78, 5) is 2.52. The fourth-order valence-electron chi connectivity index (χ4n) is 3.46. The Labute approximate surface area is 150 Å². The van der Waals surface area contributed by atoms with Crippen LogP contribution in [0.15, 0.2) is 36.5 Å². The van der Waals surface area contributed by atoms with E-state index in [0.29, 0.717) is 6.04 Å². The molecule has 136 valence electrons. The lowest BCUT2D eigenvalue weighted by Gasteiger charge is -2.35. The fourth-order valence-corrected chi connectivity index (χ4v) is 3.46. The van der Waals surface area contributed by atoms with Crippen LogP contribution < -0.4 is 5.32 Å². The van der Waals surface area contributed by atoms with Crippen LogP contribution in [-0.4, -0.2) is 47.9 Å². The first-order valence-corrected chi connectivity index (χ1v) is 9.16. The van der Waals surface area contributed by atoms with Gasteiger partial charge in [-0.05, 0) is 5.56 Å². The minimum atomic E-state index is 0.0799. The molecule has 0 unspecified atom stereocenters. The van der Waals surface area contributed by atoms with Crippen LogP contribution in [0, 0.1) is 0 Å². The maximum atomic E-state index is 5.53. The molecule has 0 aliphatic carbocycles. The van der Waals surface area contributed by atoms with E-state index < -0.39 is 0 Å². The Morgan fingerprint density at radius 3 is 2.60 bits per heavy atom. The van der Waals surface area contributed by atoms with Crippen molar-refractivity contribution in [2.24, 2.45) is 0 Å². The summed E-state index contributed by atoms with van der Waals surface area (Å²) in [5.41, 5.74) is 3.90. The Morgan fingerprint density at radius 1 is 1.20 bits per heavy atom. The molecule has 1 aliphatic rings. The number of hydrogen-bond acceptors (Lipinski definition) is 4. The molecular weight excluding hydrogens is 312 g/mol. The van der Waals surface area contributed by atoms with Gasteiger partial charge in [-0.25, -0.2) is 0 Å². The number of morpholine rings is 1. The molecule has 0 radical (unpaired) electrons. The summed E-state index contributed by atoms with van der Waals surface area (Å²) in [6, 6.07) is 11.1. The smallest absolute Gasteiger partial charge is 0.0594 e. The van der Waals surface area contributed by atoms with Gasteiger partial charge in [-0.3, -0.25) is 10.00 Å². The third kappa shape index (κ3) is 4.69. The summed E-state index contributed by atoms with van der Waals surface area (Å²) in [6.07, 6.45) is 1.94. The highest BCUT2D eigenvalue weighted by Gasteiger charge is 2.23. The van der Waals surface area contributed by atoms with Crippen molar-refractivity contribution in [3.05, 3.63) is 53.3 Å². The number of aromatic nitrogens is 2. The summed E-state index contributed by atoms with van der Waals surface area (Å²) in [5.74, 6) is 0. The first kappa shape index (κ1) is 18.1. The van der Waals surface area contributed by atoms with Gasteiger partial charge in [0.2, 0.25) is 0 Å². The van der Waals surface area contributed by atoms with Gasteiger partial charge in [0.25, 0.3) is 0 Å². The van der Waals surface area contributed by atoms with Crippen LogP contribution in [0.25, 0.3) is 0 Å². The van der Waals surface area contributed by atoms with Crippen molar-refractivity contribution in [2.75, 3.05) is 32.8 Å². The molecule has 25 heavy (non-hydrogen) atoms. The molecule has 0 saturated carbocycles. The van der Waals surface area contributed by atoms with Crippen LogP contribution in [0.4, 0.5) is 0 Å². The van der Waals surface area contributed by atoms with Gasteiger partial charge in [0.15, 0.2) is 0 Å². The molecule has 2 N–H and O–H groups in total. The van der Waals surface area contributed by atoms with Crippen molar-refractivity contribution in [3.63, 3.8) is 0 Å². The lowest BCUT2D eigenvalue weighted by molar-refractivity contribution is 0.0161. The third-order valence-electron chi connectivity index (χ3n) is 4.79. The number of aromatic amines is 1. The SMILES string of the molecule is CC(C)(C)c1[nH]ncc1CNC[C@@H](c1ccccc1)N1CCOCC1. The highest BCUT2D eigenvalue weighted by atomic mass is 16.5. The minimum Gasteiger partial charge on any atom is -0.379 e. The molecule has 0 bridgehead atoms. The van der Waals surface area contributed by atoms with E-state index >= 15 is 0 Å². The zero-order valence-corrected chi connectivity index (χ0v) is 15.6. The second-order valence-corrected chi connectivity index (χ2v) is 7.73. The van der Waals surface area contributed by atoms with Gasteiger partial charge in [0, 0.05) is 48.9 Å². The number of H-pyrrole nitrogens is 1. The van der Waals surface area contributed by atoms with Crippen LogP contribution in [0.5, 0.6) is 0 Å².